The molecule has 0 aliphatic heterocycles. The van der Waals surface area contributed by atoms with Crippen molar-refractivity contribution >= 4 is 56.0 Å². The third-order valence-electron chi connectivity index (χ3n) is 5.50. The summed E-state index contributed by atoms with van der Waals surface area (Å²) in [6, 6.07) is 14.5. The molecule has 13 nitrogen and oxygen atoms in total. The van der Waals surface area contributed by atoms with Crippen molar-refractivity contribution in [3.8, 4) is 17.2 Å². The van der Waals surface area contributed by atoms with Crippen molar-refractivity contribution in [2.45, 2.75) is 4.90 Å². The van der Waals surface area contributed by atoms with Gasteiger partial charge in [-0.15, -0.1) is 15.3 Å². The van der Waals surface area contributed by atoms with E-state index in [0.717, 1.165) is 0 Å². The Bertz CT molecular complexity index is 1620. The van der Waals surface area contributed by atoms with E-state index < -0.39 is 27.5 Å². The monoisotopic (exact) mass is 553 g/mol. The quantitative estimate of drug-likeness (QED) is 0.0955. The van der Waals surface area contributed by atoms with Crippen LogP contribution in [0.15, 0.2) is 86.0 Å². The molecule has 0 spiro atoms. The lowest BCUT2D eigenvalue weighted by Crippen LogP contribution is -1.97. The molecule has 0 heterocycles. The number of carbonyl (C=O) groups is 1. The number of aromatic carboxylic acids is 1. The molecule has 0 aromatic heterocycles. The molecule has 0 saturated heterocycles. The number of anilines is 1. The molecule has 14 heteroatoms. The van der Waals surface area contributed by atoms with Gasteiger partial charge in [-0.05, 0) is 47.9 Å². The fraction of sp³-hybridized carbons (Fsp3) is 0.0800. The average molecular weight is 554 g/mol. The van der Waals surface area contributed by atoms with Crippen LogP contribution in [0.5, 0.6) is 17.2 Å². The van der Waals surface area contributed by atoms with Gasteiger partial charge in [-0.1, -0.05) is 6.07 Å². The predicted molar refractivity (Wildman–Crippen MR) is 145 cm³/mol. The zero-order chi connectivity index (χ0) is 28.3. The van der Waals surface area contributed by atoms with Crippen LogP contribution in [-0.4, -0.2) is 44.1 Å². The number of ether oxygens (including phenoxy) is 2. The number of azo groups is 2. The van der Waals surface area contributed by atoms with Crippen LogP contribution in [0.3, 0.4) is 0 Å². The second-order valence-electron chi connectivity index (χ2n) is 8.02. The fourth-order valence-electron chi connectivity index (χ4n) is 3.57. The minimum Gasteiger partial charge on any atom is -0.505 e. The van der Waals surface area contributed by atoms with E-state index in [4.69, 9.17) is 20.3 Å². The number of aromatic hydroxyl groups is 1. The summed E-state index contributed by atoms with van der Waals surface area (Å²) in [6.07, 6.45) is 0. The van der Waals surface area contributed by atoms with Gasteiger partial charge in [0.25, 0.3) is 0 Å². The first-order chi connectivity index (χ1) is 18.5. The molecule has 0 unspecified atom stereocenters. The van der Waals surface area contributed by atoms with Crippen molar-refractivity contribution in [3.05, 3.63) is 66.2 Å². The molecule has 4 rings (SSSR count). The summed E-state index contributed by atoms with van der Waals surface area (Å²) in [7, 11) is -1.53. The number of benzene rings is 4. The molecule has 0 bridgehead atoms. The van der Waals surface area contributed by atoms with Crippen LogP contribution in [0.2, 0.25) is 0 Å². The van der Waals surface area contributed by atoms with Crippen molar-refractivity contribution in [1.29, 1.82) is 0 Å². The highest BCUT2D eigenvalue weighted by molar-refractivity contribution is 8.19. The topological polar surface area (TPSA) is 212 Å². The molecule has 0 saturated carbocycles. The zero-order valence-corrected chi connectivity index (χ0v) is 21.3. The third kappa shape index (κ3) is 5.89. The summed E-state index contributed by atoms with van der Waals surface area (Å²) < 4.78 is 40.7. The first-order valence-electron chi connectivity index (χ1n) is 11.0. The third-order valence-corrected chi connectivity index (χ3v) is 6.40. The van der Waals surface area contributed by atoms with Crippen LogP contribution in [0, 0.1) is 0 Å². The highest BCUT2D eigenvalue weighted by Gasteiger charge is 2.25. The van der Waals surface area contributed by atoms with Crippen molar-refractivity contribution in [3.63, 3.8) is 0 Å². The van der Waals surface area contributed by atoms with Gasteiger partial charge in [0, 0.05) is 23.2 Å². The van der Waals surface area contributed by atoms with E-state index in [1.165, 1.54) is 62.8 Å². The summed E-state index contributed by atoms with van der Waals surface area (Å²) in [5.74, 6) is -1.14. The second-order valence-corrected chi connectivity index (χ2v) is 9.50. The molecular weight excluding hydrogens is 530 g/mol. The van der Waals surface area contributed by atoms with Crippen LogP contribution < -0.4 is 15.2 Å². The summed E-state index contributed by atoms with van der Waals surface area (Å²) in [6.45, 7) is 0. The van der Waals surface area contributed by atoms with E-state index in [1.807, 2.05) is 0 Å². The molecule has 39 heavy (non-hydrogen) atoms. The molecule has 0 fully saturated rings. The standard InChI is InChI=1S/C25H23N5O8S/c1-37-20-12-19(21(38-2)11-18(20)28-27-16-7-4-13(5-8-16)25(32)33)29-30-23-22(39(34,35)36)9-14-3-6-15(26)10-17(14)24(23)31/h3-12,31,34-36H,26H2,1-2H3,(H,32,33). The number of methoxy groups -OCH3 is 2. The normalized spacial score (nSPS) is 12.3. The average Bonchev–Trinajstić information content (AvgIpc) is 2.91. The zero-order valence-electron chi connectivity index (χ0n) is 20.5. The Hall–Kier alpha value is -4.76. The lowest BCUT2D eigenvalue weighted by atomic mass is 10.1. The maximum atomic E-state index is 11.0. The SMILES string of the molecule is COc1cc(N=Nc2c(S(O)(O)O)cc3ccc(N)cc3c2O)c(OC)cc1N=Nc1ccc(C(=O)O)cc1. The number of phenolic OH excluding ortho intramolecular Hbond substituents is 1. The Kier molecular flexibility index (Phi) is 7.64. The van der Waals surface area contributed by atoms with Gasteiger partial charge in [0.15, 0.2) is 5.75 Å². The van der Waals surface area contributed by atoms with E-state index in [-0.39, 0.29) is 39.5 Å². The number of fused-ring (bicyclic) bond motifs is 1. The van der Waals surface area contributed by atoms with Gasteiger partial charge < -0.3 is 39.1 Å². The fourth-order valence-corrected chi connectivity index (χ4v) is 4.25. The lowest BCUT2D eigenvalue weighted by Gasteiger charge is -2.22. The van der Waals surface area contributed by atoms with Crippen LogP contribution in [-0.2, 0) is 0 Å². The van der Waals surface area contributed by atoms with E-state index >= 15 is 0 Å². The number of nitrogens with zero attached hydrogens (tertiary/aromatic N) is 4. The van der Waals surface area contributed by atoms with Gasteiger partial charge in [-0.3, -0.25) is 0 Å². The molecule has 0 aliphatic carbocycles. The van der Waals surface area contributed by atoms with Gasteiger partial charge in [0.2, 0.25) is 0 Å². The summed E-state index contributed by atoms with van der Waals surface area (Å²) in [5.41, 5.74) is 6.65. The number of carboxylic acids is 1. The first kappa shape index (κ1) is 27.3. The maximum Gasteiger partial charge on any atom is 0.335 e. The van der Waals surface area contributed by atoms with E-state index in [0.29, 0.717) is 16.8 Å². The maximum absolute atomic E-state index is 11.0. The van der Waals surface area contributed by atoms with Gasteiger partial charge in [-0.25, -0.2) is 4.79 Å². The molecule has 0 amide bonds. The van der Waals surface area contributed by atoms with Gasteiger partial charge in [0.05, 0.1) is 30.4 Å². The highest BCUT2D eigenvalue weighted by Crippen LogP contribution is 2.54. The number of nitrogen functional groups attached to an aromatic ring is 1. The van der Waals surface area contributed by atoms with E-state index in [1.54, 1.807) is 12.1 Å². The molecule has 202 valence electrons. The summed E-state index contributed by atoms with van der Waals surface area (Å²) in [5, 5.41) is 36.8. The van der Waals surface area contributed by atoms with E-state index in [2.05, 4.69) is 20.5 Å². The molecule has 7 N–H and O–H groups in total. The van der Waals surface area contributed by atoms with Gasteiger partial charge >= 0.3 is 5.97 Å². The summed E-state index contributed by atoms with van der Waals surface area (Å²) in [4.78, 5) is 10.6. The Labute approximate surface area is 223 Å². The molecule has 0 aliphatic rings. The van der Waals surface area contributed by atoms with Crippen molar-refractivity contribution in [2.75, 3.05) is 20.0 Å². The molecule has 0 atom stereocenters. The number of hydrogen-bond donors (Lipinski definition) is 6. The predicted octanol–water partition coefficient (Wildman–Crippen LogP) is 7.26. The summed E-state index contributed by atoms with van der Waals surface area (Å²) >= 11 is 0. The number of rotatable bonds is 8. The van der Waals surface area contributed by atoms with Crippen LogP contribution in [0.1, 0.15) is 10.4 Å². The minimum atomic E-state index is -4.30. The smallest absolute Gasteiger partial charge is 0.335 e. The van der Waals surface area contributed by atoms with Gasteiger partial charge in [0.1, 0.15) is 39.4 Å². The largest absolute Gasteiger partial charge is 0.505 e. The lowest BCUT2D eigenvalue weighted by molar-refractivity contribution is 0.0697. The molecule has 4 aromatic rings. The first-order valence-corrected chi connectivity index (χ1v) is 12.5. The van der Waals surface area contributed by atoms with Crippen molar-refractivity contribution in [2.24, 2.45) is 20.5 Å². The Morgan fingerprint density at radius 3 is 1.95 bits per heavy atom. The Morgan fingerprint density at radius 1 is 0.821 bits per heavy atom. The Balaban J connectivity index is 1.76. The van der Waals surface area contributed by atoms with Gasteiger partial charge in [-0.2, -0.15) is 5.11 Å². The van der Waals surface area contributed by atoms with Crippen LogP contribution >= 0.6 is 10.9 Å². The Morgan fingerprint density at radius 2 is 1.41 bits per heavy atom. The van der Waals surface area contributed by atoms with Crippen LogP contribution in [0.4, 0.5) is 28.4 Å². The number of nitrogens with two attached hydrogens (primary N) is 1. The molecule has 4 aromatic carbocycles. The van der Waals surface area contributed by atoms with Crippen LogP contribution in [0.25, 0.3) is 10.8 Å². The number of phenols is 1. The number of hydrogen-bond acceptors (Lipinski definition) is 12. The number of carboxylic acid groups (broad SMARTS) is 1. The van der Waals surface area contributed by atoms with Crippen molar-refractivity contribution < 1.29 is 38.1 Å². The highest BCUT2D eigenvalue weighted by atomic mass is 32.3. The molecular formula is C25H23N5O8S. The van der Waals surface area contributed by atoms with Crippen molar-refractivity contribution in [1.82, 2.24) is 0 Å². The minimum absolute atomic E-state index is 0.106. The van der Waals surface area contributed by atoms with E-state index in [9.17, 15) is 23.6 Å². The molecule has 0 radical (unpaired) electrons. The second kappa shape index (κ2) is 10.9.